The van der Waals surface area contributed by atoms with E-state index in [1.54, 1.807) is 0 Å². The summed E-state index contributed by atoms with van der Waals surface area (Å²) < 4.78 is 19.2. The first-order valence-corrected chi connectivity index (χ1v) is 11.0. The standard InChI is InChI=1S/4C6H12O2.Ti/c4*1-2-8-6-4-3-5-7;/h4*2,7H,1,3-6H2;. The third kappa shape index (κ3) is 72.3. The van der Waals surface area contributed by atoms with Gasteiger partial charge >= 0.3 is 0 Å². The van der Waals surface area contributed by atoms with Gasteiger partial charge in [0.15, 0.2) is 0 Å². The van der Waals surface area contributed by atoms with Gasteiger partial charge in [0.25, 0.3) is 0 Å². The predicted octanol–water partition coefficient (Wildman–Crippen LogP) is 3.67. The molecule has 0 aromatic carbocycles. The molecule has 8 nitrogen and oxygen atoms in total. The van der Waals surface area contributed by atoms with E-state index in [1.165, 1.54) is 25.0 Å². The van der Waals surface area contributed by atoms with Crippen molar-refractivity contribution in [2.24, 2.45) is 0 Å². The van der Waals surface area contributed by atoms with E-state index in [0.29, 0.717) is 26.4 Å². The quantitative estimate of drug-likeness (QED) is 0.111. The number of hydrogen-bond donors (Lipinski definition) is 4. The minimum absolute atomic E-state index is 0. The Labute approximate surface area is 216 Å². The Morgan fingerprint density at radius 2 is 0.576 bits per heavy atom. The van der Waals surface area contributed by atoms with Crippen molar-refractivity contribution in [3.8, 4) is 0 Å². The van der Waals surface area contributed by atoms with E-state index >= 15 is 0 Å². The minimum atomic E-state index is 0. The van der Waals surface area contributed by atoms with E-state index in [1.807, 2.05) is 0 Å². The Morgan fingerprint density at radius 3 is 0.697 bits per heavy atom. The van der Waals surface area contributed by atoms with Crippen molar-refractivity contribution in [2.75, 3.05) is 52.9 Å². The second kappa shape index (κ2) is 52.6. The topological polar surface area (TPSA) is 118 Å². The molecule has 0 fully saturated rings. The molecule has 0 saturated carbocycles. The zero-order valence-corrected chi connectivity index (χ0v) is 21.9. The fourth-order valence-corrected chi connectivity index (χ4v) is 1.52. The minimum Gasteiger partial charge on any atom is -0.502 e. The van der Waals surface area contributed by atoms with E-state index in [-0.39, 0.29) is 48.1 Å². The molecular weight excluding hydrogens is 464 g/mol. The largest absolute Gasteiger partial charge is 0.502 e. The first-order chi connectivity index (χ1) is 15.7. The van der Waals surface area contributed by atoms with Crippen LogP contribution in [0.25, 0.3) is 0 Å². The van der Waals surface area contributed by atoms with Crippen LogP contribution in [-0.2, 0) is 40.7 Å². The van der Waals surface area contributed by atoms with Gasteiger partial charge < -0.3 is 39.4 Å². The zero-order valence-electron chi connectivity index (χ0n) is 20.4. The molecule has 0 aliphatic rings. The van der Waals surface area contributed by atoms with Gasteiger partial charge in [0, 0.05) is 48.1 Å². The molecule has 0 rings (SSSR count). The summed E-state index contributed by atoms with van der Waals surface area (Å²) in [5.41, 5.74) is 0. The van der Waals surface area contributed by atoms with E-state index in [4.69, 9.17) is 39.4 Å². The van der Waals surface area contributed by atoms with Gasteiger partial charge in [0.2, 0.25) is 0 Å². The maximum absolute atomic E-state index is 8.28. The summed E-state index contributed by atoms with van der Waals surface area (Å²) in [6.07, 6.45) is 12.5. The van der Waals surface area contributed by atoms with Gasteiger partial charge in [-0.25, -0.2) is 0 Å². The fraction of sp³-hybridized carbons (Fsp3) is 0.667. The molecule has 0 atom stereocenters. The van der Waals surface area contributed by atoms with Crippen LogP contribution in [0.2, 0.25) is 0 Å². The Morgan fingerprint density at radius 1 is 0.394 bits per heavy atom. The number of aliphatic hydroxyl groups excluding tert-OH is 4. The van der Waals surface area contributed by atoms with Crippen molar-refractivity contribution in [1.82, 2.24) is 0 Å². The van der Waals surface area contributed by atoms with Gasteiger partial charge in [-0.15, -0.1) is 0 Å². The van der Waals surface area contributed by atoms with Gasteiger partial charge in [0.1, 0.15) is 0 Å². The van der Waals surface area contributed by atoms with Gasteiger partial charge in [-0.05, 0) is 51.4 Å². The van der Waals surface area contributed by atoms with Crippen LogP contribution in [0.15, 0.2) is 51.4 Å². The molecule has 0 aliphatic carbocycles. The zero-order chi connectivity index (χ0) is 25.0. The second-order valence-electron chi connectivity index (χ2n) is 5.87. The van der Waals surface area contributed by atoms with Crippen molar-refractivity contribution in [1.29, 1.82) is 0 Å². The molecule has 0 radical (unpaired) electrons. The van der Waals surface area contributed by atoms with Crippen LogP contribution in [0.1, 0.15) is 51.4 Å². The molecule has 4 N–H and O–H groups in total. The predicted molar refractivity (Wildman–Crippen MR) is 130 cm³/mol. The summed E-state index contributed by atoms with van der Waals surface area (Å²) >= 11 is 0. The maximum atomic E-state index is 8.28. The van der Waals surface area contributed by atoms with Crippen LogP contribution in [-0.4, -0.2) is 73.3 Å². The fourth-order valence-electron chi connectivity index (χ4n) is 1.52. The van der Waals surface area contributed by atoms with Crippen molar-refractivity contribution < 1.29 is 61.1 Å². The second-order valence-corrected chi connectivity index (χ2v) is 5.87. The van der Waals surface area contributed by atoms with Gasteiger partial charge in [-0.1, -0.05) is 26.3 Å². The molecule has 33 heavy (non-hydrogen) atoms. The van der Waals surface area contributed by atoms with Crippen LogP contribution in [0, 0.1) is 0 Å². The van der Waals surface area contributed by atoms with Crippen LogP contribution < -0.4 is 0 Å². The first kappa shape index (κ1) is 41.9. The average Bonchev–Trinajstić information content (AvgIpc) is 2.82. The molecule has 0 bridgehead atoms. The van der Waals surface area contributed by atoms with Crippen molar-refractivity contribution in [2.45, 2.75) is 51.4 Å². The Hall–Kier alpha value is -1.29. The van der Waals surface area contributed by atoms with Crippen LogP contribution in [0.4, 0.5) is 0 Å². The van der Waals surface area contributed by atoms with Crippen molar-refractivity contribution >= 4 is 0 Å². The summed E-state index contributed by atoms with van der Waals surface area (Å²) in [6, 6.07) is 0. The third-order valence-electron chi connectivity index (χ3n) is 3.15. The number of unbranched alkanes of at least 4 members (excludes halogenated alkanes) is 4. The average molecular weight is 513 g/mol. The molecule has 0 aromatic rings. The van der Waals surface area contributed by atoms with Crippen LogP contribution in [0.3, 0.4) is 0 Å². The molecule has 0 spiro atoms. The number of ether oxygens (including phenoxy) is 4. The molecule has 0 aliphatic heterocycles. The maximum Gasteiger partial charge on any atom is 0.0873 e. The summed E-state index contributed by atoms with van der Waals surface area (Å²) in [5.74, 6) is 0. The molecule has 9 heteroatoms. The van der Waals surface area contributed by atoms with E-state index in [9.17, 15) is 0 Å². The molecular formula is C24H48O8Ti. The van der Waals surface area contributed by atoms with Crippen LogP contribution in [0.5, 0.6) is 0 Å². The van der Waals surface area contributed by atoms with E-state index in [2.05, 4.69) is 26.3 Å². The van der Waals surface area contributed by atoms with Crippen LogP contribution >= 0.6 is 0 Å². The molecule has 0 heterocycles. The molecule has 0 saturated heterocycles. The molecule has 0 aromatic heterocycles. The number of hydrogen-bond acceptors (Lipinski definition) is 8. The monoisotopic (exact) mass is 512 g/mol. The summed E-state index contributed by atoms with van der Waals surface area (Å²) in [6.45, 7) is 17.2. The van der Waals surface area contributed by atoms with E-state index in [0.717, 1.165) is 51.4 Å². The number of rotatable bonds is 20. The SMILES string of the molecule is C=COCCCCO.C=COCCCCO.C=COCCCCO.C=COCCCCO.[Ti]. The van der Waals surface area contributed by atoms with Gasteiger partial charge in [-0.2, -0.15) is 0 Å². The summed E-state index contributed by atoms with van der Waals surface area (Å²) in [5, 5.41) is 33.1. The summed E-state index contributed by atoms with van der Waals surface area (Å²) in [4.78, 5) is 0. The molecule has 196 valence electrons. The smallest absolute Gasteiger partial charge is 0.0873 e. The molecule has 0 unspecified atom stereocenters. The normalized spacial score (nSPS) is 8.36. The Balaban J connectivity index is -0.000000105. The first-order valence-electron chi connectivity index (χ1n) is 11.0. The van der Waals surface area contributed by atoms with Gasteiger partial charge in [0.05, 0.1) is 51.5 Å². The van der Waals surface area contributed by atoms with Gasteiger partial charge in [-0.3, -0.25) is 0 Å². The van der Waals surface area contributed by atoms with E-state index < -0.39 is 0 Å². The van der Waals surface area contributed by atoms with Crippen molar-refractivity contribution in [3.63, 3.8) is 0 Å². The third-order valence-corrected chi connectivity index (χ3v) is 3.15. The molecule has 0 amide bonds. The Bertz CT molecular complexity index is 280. The Kier molecular flexibility index (Phi) is 66.8. The van der Waals surface area contributed by atoms with Crippen molar-refractivity contribution in [3.05, 3.63) is 51.4 Å². The number of aliphatic hydroxyl groups is 4. The summed E-state index contributed by atoms with van der Waals surface area (Å²) in [7, 11) is 0.